The molecular weight excluding hydrogens is 314 g/mol. The second kappa shape index (κ2) is 7.44. The van der Waals surface area contributed by atoms with Gasteiger partial charge in [0.1, 0.15) is 0 Å². The summed E-state index contributed by atoms with van der Waals surface area (Å²) in [7, 11) is 1.64. The van der Waals surface area contributed by atoms with Crippen molar-refractivity contribution in [2.24, 2.45) is 5.10 Å². The molecule has 0 bridgehead atoms. The Morgan fingerprint density at radius 1 is 1.57 bits per heavy atom. The molecule has 0 saturated heterocycles. The first-order valence-corrected chi connectivity index (χ1v) is 7.06. The van der Waals surface area contributed by atoms with Crippen LogP contribution >= 0.6 is 23.8 Å². The lowest BCUT2D eigenvalue weighted by Crippen LogP contribution is -2.40. The average Bonchev–Trinajstić information content (AvgIpc) is 2.87. The van der Waals surface area contributed by atoms with Gasteiger partial charge in [0.15, 0.2) is 16.6 Å². The first-order valence-electron chi connectivity index (χ1n) is 6.28. The summed E-state index contributed by atoms with van der Waals surface area (Å²) in [5, 5.41) is 7.98. The van der Waals surface area contributed by atoms with E-state index >= 15 is 0 Å². The second-order valence-corrected chi connectivity index (χ2v) is 5.25. The molecule has 1 aromatic rings. The number of methoxy groups -OCH3 is 1. The van der Waals surface area contributed by atoms with Crippen LogP contribution in [0.3, 0.4) is 0 Å². The Morgan fingerprint density at radius 2 is 2.38 bits per heavy atom. The lowest BCUT2D eigenvalue weighted by Gasteiger charge is -2.13. The first kappa shape index (κ1) is 15.8. The van der Waals surface area contributed by atoms with Crippen LogP contribution in [0.1, 0.15) is 12.5 Å². The lowest BCUT2D eigenvalue weighted by atomic mass is 10.2. The summed E-state index contributed by atoms with van der Waals surface area (Å²) >= 11 is 11.2. The molecule has 2 rings (SSSR count). The van der Waals surface area contributed by atoms with Gasteiger partial charge in [-0.3, -0.25) is 5.43 Å². The Balaban J connectivity index is 1.90. The fourth-order valence-electron chi connectivity index (χ4n) is 1.78. The van der Waals surface area contributed by atoms with Crippen LogP contribution in [0.25, 0.3) is 0 Å². The Morgan fingerprint density at radius 3 is 3.14 bits per heavy atom. The van der Waals surface area contributed by atoms with E-state index in [1.807, 2.05) is 6.92 Å². The molecule has 0 amide bonds. The highest BCUT2D eigenvalue weighted by Crippen LogP contribution is 2.39. The molecule has 2 N–H and O–H groups in total. The van der Waals surface area contributed by atoms with E-state index in [1.165, 1.54) is 0 Å². The molecule has 0 aliphatic carbocycles. The molecule has 0 aromatic heterocycles. The average molecular weight is 330 g/mol. The molecule has 0 saturated carbocycles. The smallest absolute Gasteiger partial charge is 0.231 e. The highest BCUT2D eigenvalue weighted by molar-refractivity contribution is 7.80. The Kier molecular flexibility index (Phi) is 5.60. The number of hydrogen-bond donors (Lipinski definition) is 2. The Hall–Kier alpha value is -1.57. The number of thiocarbonyl (C=S) groups is 1. The van der Waals surface area contributed by atoms with Crippen molar-refractivity contribution in [2.45, 2.75) is 13.0 Å². The molecule has 0 radical (unpaired) electrons. The van der Waals surface area contributed by atoms with Gasteiger partial charge in [-0.1, -0.05) is 11.6 Å². The van der Waals surface area contributed by atoms with Crippen LogP contribution < -0.4 is 20.2 Å². The van der Waals surface area contributed by atoms with Gasteiger partial charge in [0.2, 0.25) is 6.79 Å². The largest absolute Gasteiger partial charge is 0.454 e. The van der Waals surface area contributed by atoms with E-state index in [0.717, 1.165) is 5.56 Å². The summed E-state index contributed by atoms with van der Waals surface area (Å²) < 4.78 is 15.5. The maximum Gasteiger partial charge on any atom is 0.231 e. The minimum absolute atomic E-state index is 0.102. The van der Waals surface area contributed by atoms with Crippen molar-refractivity contribution in [3.05, 3.63) is 22.7 Å². The SMILES string of the molecule is COC[C@@H](C)NC(=S)N/N=C\c1cc(Cl)c2c(c1)OCO2. The number of nitrogens with one attached hydrogen (secondary N) is 2. The van der Waals surface area contributed by atoms with Crippen LogP contribution in [0.2, 0.25) is 5.02 Å². The van der Waals surface area contributed by atoms with Crippen molar-refractivity contribution < 1.29 is 14.2 Å². The lowest BCUT2D eigenvalue weighted by molar-refractivity contribution is 0.174. The molecule has 8 heteroatoms. The van der Waals surface area contributed by atoms with Gasteiger partial charge < -0.3 is 19.5 Å². The topological polar surface area (TPSA) is 64.1 Å². The molecule has 1 heterocycles. The summed E-state index contributed by atoms with van der Waals surface area (Å²) in [4.78, 5) is 0. The minimum atomic E-state index is 0.102. The maximum atomic E-state index is 6.08. The molecule has 6 nitrogen and oxygen atoms in total. The molecule has 1 aliphatic heterocycles. The van der Waals surface area contributed by atoms with Crippen LogP contribution in [0.5, 0.6) is 11.5 Å². The van der Waals surface area contributed by atoms with E-state index in [4.69, 9.17) is 38.0 Å². The number of nitrogens with zero attached hydrogens (tertiary/aromatic N) is 1. The van der Waals surface area contributed by atoms with Gasteiger partial charge in [0.25, 0.3) is 0 Å². The van der Waals surface area contributed by atoms with E-state index in [1.54, 1.807) is 25.5 Å². The van der Waals surface area contributed by atoms with Crippen LogP contribution in [0.15, 0.2) is 17.2 Å². The van der Waals surface area contributed by atoms with Crippen LogP contribution in [-0.4, -0.2) is 37.9 Å². The number of benzene rings is 1. The third-order valence-corrected chi connectivity index (χ3v) is 3.11. The maximum absolute atomic E-state index is 6.08. The predicted molar refractivity (Wildman–Crippen MR) is 85.4 cm³/mol. The predicted octanol–water partition coefficient (Wildman–Crippen LogP) is 1.90. The van der Waals surface area contributed by atoms with E-state index < -0.39 is 0 Å². The van der Waals surface area contributed by atoms with Gasteiger partial charge in [0.05, 0.1) is 17.8 Å². The van der Waals surface area contributed by atoms with Gasteiger partial charge in [-0.25, -0.2) is 0 Å². The zero-order valence-corrected chi connectivity index (χ0v) is 13.3. The molecule has 114 valence electrons. The molecule has 1 aliphatic rings. The molecule has 1 aromatic carbocycles. The van der Waals surface area contributed by atoms with Crippen molar-refractivity contribution in [2.75, 3.05) is 20.5 Å². The molecule has 1 atom stereocenters. The van der Waals surface area contributed by atoms with Crippen molar-refractivity contribution in [1.29, 1.82) is 0 Å². The summed E-state index contributed by atoms with van der Waals surface area (Å²) in [5.74, 6) is 1.17. The van der Waals surface area contributed by atoms with Crippen molar-refractivity contribution in [3.63, 3.8) is 0 Å². The molecule has 0 unspecified atom stereocenters. The summed E-state index contributed by atoms with van der Waals surface area (Å²) in [6, 6.07) is 3.64. The van der Waals surface area contributed by atoms with Crippen LogP contribution in [0, 0.1) is 0 Å². The fourth-order valence-corrected chi connectivity index (χ4v) is 2.30. The number of fused-ring (bicyclic) bond motifs is 1. The molecule has 0 spiro atoms. The normalized spacial score (nSPS) is 14.2. The number of hydrazone groups is 1. The highest BCUT2D eigenvalue weighted by atomic mass is 35.5. The van der Waals surface area contributed by atoms with Gasteiger partial charge in [-0.2, -0.15) is 5.10 Å². The zero-order valence-electron chi connectivity index (χ0n) is 11.7. The van der Waals surface area contributed by atoms with Gasteiger partial charge in [-0.05, 0) is 36.8 Å². The Bertz CT molecular complexity index is 554. The van der Waals surface area contributed by atoms with Crippen molar-refractivity contribution in [3.8, 4) is 11.5 Å². The quantitative estimate of drug-likeness (QED) is 0.489. The van der Waals surface area contributed by atoms with E-state index in [9.17, 15) is 0 Å². The van der Waals surface area contributed by atoms with Crippen LogP contribution in [0.4, 0.5) is 0 Å². The number of rotatable bonds is 5. The second-order valence-electron chi connectivity index (χ2n) is 4.44. The summed E-state index contributed by atoms with van der Waals surface area (Å²) in [5.41, 5.74) is 3.51. The molecular formula is C13H16ClN3O3S. The Labute approximate surface area is 133 Å². The fraction of sp³-hybridized carbons (Fsp3) is 0.385. The van der Waals surface area contributed by atoms with E-state index in [0.29, 0.717) is 28.2 Å². The summed E-state index contributed by atoms with van der Waals surface area (Å²) in [6.45, 7) is 2.70. The molecule has 21 heavy (non-hydrogen) atoms. The third-order valence-electron chi connectivity index (χ3n) is 2.62. The number of ether oxygens (including phenoxy) is 3. The number of halogens is 1. The van der Waals surface area contributed by atoms with E-state index in [2.05, 4.69) is 15.8 Å². The third kappa shape index (κ3) is 4.45. The monoisotopic (exact) mass is 329 g/mol. The van der Waals surface area contributed by atoms with Gasteiger partial charge in [0, 0.05) is 13.2 Å². The standard InChI is InChI=1S/C13H16ClN3O3S/c1-8(6-18-2)16-13(21)17-15-5-9-3-10(14)12-11(4-9)19-7-20-12/h3-5,8H,6-7H2,1-2H3,(H2,16,17,21)/b15-5-/t8-/m1/s1. The zero-order chi connectivity index (χ0) is 15.2. The van der Waals surface area contributed by atoms with Gasteiger partial charge >= 0.3 is 0 Å². The van der Waals surface area contributed by atoms with E-state index in [-0.39, 0.29) is 12.8 Å². The number of hydrogen-bond acceptors (Lipinski definition) is 5. The molecule has 0 fully saturated rings. The van der Waals surface area contributed by atoms with Crippen LogP contribution in [-0.2, 0) is 4.74 Å². The van der Waals surface area contributed by atoms with Crippen molar-refractivity contribution >= 4 is 35.1 Å². The summed E-state index contributed by atoms with van der Waals surface area (Å²) in [6.07, 6.45) is 1.60. The van der Waals surface area contributed by atoms with Crippen molar-refractivity contribution in [1.82, 2.24) is 10.7 Å². The minimum Gasteiger partial charge on any atom is -0.454 e. The highest BCUT2D eigenvalue weighted by Gasteiger charge is 2.17. The van der Waals surface area contributed by atoms with Gasteiger partial charge in [-0.15, -0.1) is 0 Å². The first-order chi connectivity index (χ1) is 10.1.